The SMILES string of the molecule is Cc1cc(CCCC(=O)N(C)Cc2ccc(OCC(=O)O)cc2)c(C)s1. The highest BCUT2D eigenvalue weighted by atomic mass is 32.1. The van der Waals surface area contributed by atoms with E-state index in [1.807, 2.05) is 12.1 Å². The van der Waals surface area contributed by atoms with E-state index in [1.54, 1.807) is 35.4 Å². The van der Waals surface area contributed by atoms with Gasteiger partial charge in [0.15, 0.2) is 6.61 Å². The van der Waals surface area contributed by atoms with Gasteiger partial charge in [-0.3, -0.25) is 4.79 Å². The second-order valence-corrected chi connectivity index (χ2v) is 7.83. The second kappa shape index (κ2) is 9.38. The molecule has 0 spiro atoms. The molecule has 0 radical (unpaired) electrons. The Labute approximate surface area is 158 Å². The Balaban J connectivity index is 1.77. The Kier molecular flexibility index (Phi) is 7.21. The highest BCUT2D eigenvalue weighted by Crippen LogP contribution is 2.22. The molecule has 0 aliphatic rings. The summed E-state index contributed by atoms with van der Waals surface area (Å²) in [5.41, 5.74) is 2.33. The van der Waals surface area contributed by atoms with E-state index in [9.17, 15) is 9.59 Å². The lowest BCUT2D eigenvalue weighted by molar-refractivity contribution is -0.139. The fourth-order valence-electron chi connectivity index (χ4n) is 2.75. The fourth-order valence-corrected chi connectivity index (χ4v) is 3.73. The molecule has 0 unspecified atom stereocenters. The van der Waals surface area contributed by atoms with Crippen LogP contribution in [0.2, 0.25) is 0 Å². The molecular weight excluding hydrogens is 350 g/mol. The van der Waals surface area contributed by atoms with Crippen LogP contribution in [0.5, 0.6) is 5.75 Å². The molecule has 0 fully saturated rings. The molecule has 140 valence electrons. The number of nitrogens with zero attached hydrogens (tertiary/aromatic N) is 1. The summed E-state index contributed by atoms with van der Waals surface area (Å²) in [7, 11) is 1.80. The minimum atomic E-state index is -1.01. The average Bonchev–Trinajstić information content (AvgIpc) is 2.91. The number of carbonyl (C=O) groups excluding carboxylic acids is 1. The molecule has 6 heteroatoms. The number of hydrogen-bond donors (Lipinski definition) is 1. The highest BCUT2D eigenvalue weighted by Gasteiger charge is 2.10. The number of carboxylic acids is 1. The van der Waals surface area contributed by atoms with Crippen molar-refractivity contribution < 1.29 is 19.4 Å². The van der Waals surface area contributed by atoms with Gasteiger partial charge in [-0.15, -0.1) is 11.3 Å². The Bertz CT molecular complexity index is 752. The maximum absolute atomic E-state index is 12.3. The van der Waals surface area contributed by atoms with Gasteiger partial charge in [0.05, 0.1) is 0 Å². The van der Waals surface area contributed by atoms with Gasteiger partial charge in [0.2, 0.25) is 5.91 Å². The zero-order valence-electron chi connectivity index (χ0n) is 15.4. The first-order valence-electron chi connectivity index (χ1n) is 8.58. The number of aliphatic carboxylic acids is 1. The second-order valence-electron chi connectivity index (χ2n) is 6.37. The van der Waals surface area contributed by atoms with Crippen molar-refractivity contribution >= 4 is 23.2 Å². The van der Waals surface area contributed by atoms with Crippen LogP contribution in [0.3, 0.4) is 0 Å². The van der Waals surface area contributed by atoms with Gasteiger partial charge in [0.25, 0.3) is 0 Å². The fraction of sp³-hybridized carbons (Fsp3) is 0.400. The zero-order chi connectivity index (χ0) is 19.1. The standard InChI is InChI=1S/C20H25NO4S/c1-14-11-17(15(2)26-14)5-4-6-19(22)21(3)12-16-7-9-18(10-8-16)25-13-20(23)24/h7-11H,4-6,12-13H2,1-3H3,(H,23,24). The smallest absolute Gasteiger partial charge is 0.341 e. The average molecular weight is 375 g/mol. The molecule has 0 bridgehead atoms. The summed E-state index contributed by atoms with van der Waals surface area (Å²) in [5.74, 6) is -0.375. The van der Waals surface area contributed by atoms with Gasteiger partial charge >= 0.3 is 5.97 Å². The maximum atomic E-state index is 12.3. The molecule has 0 saturated heterocycles. The van der Waals surface area contributed by atoms with E-state index in [4.69, 9.17) is 9.84 Å². The lowest BCUT2D eigenvalue weighted by Crippen LogP contribution is -2.26. The lowest BCUT2D eigenvalue weighted by Gasteiger charge is -2.17. The molecular formula is C20H25NO4S. The number of rotatable bonds is 9. The molecule has 26 heavy (non-hydrogen) atoms. The Morgan fingerprint density at radius 1 is 1.19 bits per heavy atom. The van der Waals surface area contributed by atoms with Crippen molar-refractivity contribution in [2.24, 2.45) is 0 Å². The van der Waals surface area contributed by atoms with E-state index in [2.05, 4.69) is 19.9 Å². The third kappa shape index (κ3) is 6.19. The van der Waals surface area contributed by atoms with E-state index in [1.165, 1.54) is 15.3 Å². The van der Waals surface area contributed by atoms with Gasteiger partial charge in [0, 0.05) is 29.8 Å². The molecule has 0 aliphatic heterocycles. The van der Waals surface area contributed by atoms with Gasteiger partial charge in [-0.25, -0.2) is 4.79 Å². The third-order valence-electron chi connectivity index (χ3n) is 4.11. The summed E-state index contributed by atoms with van der Waals surface area (Å²) in [6.45, 7) is 4.40. The van der Waals surface area contributed by atoms with Crippen molar-refractivity contribution in [3.8, 4) is 5.75 Å². The number of carbonyl (C=O) groups is 2. The summed E-state index contributed by atoms with van der Waals surface area (Å²) < 4.78 is 5.10. The molecule has 1 N–H and O–H groups in total. The normalized spacial score (nSPS) is 10.6. The summed E-state index contributed by atoms with van der Waals surface area (Å²) in [4.78, 5) is 27.2. The van der Waals surface area contributed by atoms with Crippen molar-refractivity contribution in [3.63, 3.8) is 0 Å². The van der Waals surface area contributed by atoms with E-state index in [0.717, 1.165) is 18.4 Å². The van der Waals surface area contributed by atoms with Gasteiger partial charge in [-0.1, -0.05) is 12.1 Å². The van der Waals surface area contributed by atoms with Crippen LogP contribution in [-0.4, -0.2) is 35.5 Å². The lowest BCUT2D eigenvalue weighted by atomic mass is 10.1. The Morgan fingerprint density at radius 3 is 2.46 bits per heavy atom. The Morgan fingerprint density at radius 2 is 1.88 bits per heavy atom. The van der Waals surface area contributed by atoms with E-state index < -0.39 is 5.97 Å². The summed E-state index contributed by atoms with van der Waals surface area (Å²) in [6.07, 6.45) is 2.32. The first-order valence-corrected chi connectivity index (χ1v) is 9.40. The van der Waals surface area contributed by atoms with Gasteiger partial charge < -0.3 is 14.7 Å². The van der Waals surface area contributed by atoms with Crippen molar-refractivity contribution in [2.75, 3.05) is 13.7 Å². The number of aryl methyl sites for hydroxylation is 3. The van der Waals surface area contributed by atoms with Crippen molar-refractivity contribution in [1.29, 1.82) is 0 Å². The quantitative estimate of drug-likeness (QED) is 0.724. The van der Waals surface area contributed by atoms with Crippen molar-refractivity contribution in [3.05, 3.63) is 51.2 Å². The van der Waals surface area contributed by atoms with Crippen LogP contribution in [0.4, 0.5) is 0 Å². The van der Waals surface area contributed by atoms with Crippen LogP contribution in [0.25, 0.3) is 0 Å². The Hall–Kier alpha value is -2.34. The molecule has 0 aliphatic carbocycles. The van der Waals surface area contributed by atoms with Gasteiger partial charge in [-0.2, -0.15) is 0 Å². The molecule has 5 nitrogen and oxygen atoms in total. The number of carboxylic acid groups (broad SMARTS) is 1. The van der Waals surface area contributed by atoms with Gasteiger partial charge in [-0.05, 0) is 56.0 Å². The number of amides is 1. The van der Waals surface area contributed by atoms with Crippen molar-refractivity contribution in [2.45, 2.75) is 39.7 Å². The third-order valence-corrected chi connectivity index (χ3v) is 5.12. The predicted molar refractivity (Wildman–Crippen MR) is 103 cm³/mol. The van der Waals surface area contributed by atoms with Crippen LogP contribution in [0, 0.1) is 13.8 Å². The van der Waals surface area contributed by atoms with E-state index >= 15 is 0 Å². The molecule has 2 rings (SSSR count). The van der Waals surface area contributed by atoms with Crippen LogP contribution in [0.15, 0.2) is 30.3 Å². The molecule has 2 aromatic rings. The molecule has 1 heterocycles. The van der Waals surface area contributed by atoms with E-state index in [0.29, 0.717) is 18.7 Å². The summed E-state index contributed by atoms with van der Waals surface area (Å²) >= 11 is 1.80. The largest absolute Gasteiger partial charge is 0.482 e. The molecule has 0 atom stereocenters. The zero-order valence-corrected chi connectivity index (χ0v) is 16.3. The van der Waals surface area contributed by atoms with Gasteiger partial charge in [0.1, 0.15) is 5.75 Å². The molecule has 1 aromatic heterocycles. The van der Waals surface area contributed by atoms with Crippen LogP contribution < -0.4 is 4.74 Å². The first-order chi connectivity index (χ1) is 12.3. The van der Waals surface area contributed by atoms with Crippen LogP contribution in [-0.2, 0) is 22.6 Å². The monoisotopic (exact) mass is 375 g/mol. The highest BCUT2D eigenvalue weighted by molar-refractivity contribution is 7.12. The van der Waals surface area contributed by atoms with Crippen molar-refractivity contribution in [1.82, 2.24) is 4.90 Å². The van der Waals surface area contributed by atoms with Crippen LogP contribution >= 0.6 is 11.3 Å². The van der Waals surface area contributed by atoms with Crippen LogP contribution in [0.1, 0.15) is 33.7 Å². The molecule has 1 aromatic carbocycles. The maximum Gasteiger partial charge on any atom is 0.341 e. The minimum absolute atomic E-state index is 0.126. The first kappa shape index (κ1) is 20.0. The number of ether oxygens (including phenoxy) is 1. The molecule has 1 amide bonds. The summed E-state index contributed by atoms with van der Waals surface area (Å²) in [6, 6.07) is 9.34. The number of thiophene rings is 1. The molecule has 0 saturated carbocycles. The minimum Gasteiger partial charge on any atom is -0.482 e. The number of benzene rings is 1. The van der Waals surface area contributed by atoms with E-state index in [-0.39, 0.29) is 12.5 Å². The number of hydrogen-bond acceptors (Lipinski definition) is 4. The summed E-state index contributed by atoms with van der Waals surface area (Å²) in [5, 5.41) is 8.60. The predicted octanol–water partition coefficient (Wildman–Crippen LogP) is 3.81. The topological polar surface area (TPSA) is 66.8 Å².